The van der Waals surface area contributed by atoms with Crippen molar-refractivity contribution in [2.45, 2.75) is 117 Å². The normalized spacial score (nSPS) is 17.8. The molecule has 1 aliphatic carbocycles. The number of rotatable bonds is 11. The van der Waals surface area contributed by atoms with Gasteiger partial charge in [-0.25, -0.2) is 14.4 Å². The zero-order valence-electron chi connectivity index (χ0n) is 36.9. The van der Waals surface area contributed by atoms with Crippen LogP contribution in [0.3, 0.4) is 0 Å². The van der Waals surface area contributed by atoms with Crippen LogP contribution >= 0.6 is 0 Å². The predicted molar refractivity (Wildman–Crippen MR) is 238 cm³/mol. The molecule has 15 nitrogen and oxygen atoms in total. The summed E-state index contributed by atoms with van der Waals surface area (Å²) in [6.07, 6.45) is 3.48. The lowest BCUT2D eigenvalue weighted by molar-refractivity contribution is -0.130. The first-order valence-electron chi connectivity index (χ1n) is 21.6. The van der Waals surface area contributed by atoms with Crippen LogP contribution in [0.25, 0.3) is 22.2 Å². The molecule has 1 aliphatic heterocycles. The van der Waals surface area contributed by atoms with Crippen molar-refractivity contribution in [3.63, 3.8) is 0 Å². The van der Waals surface area contributed by atoms with E-state index in [0.29, 0.717) is 67.6 Å². The smallest absolute Gasteiger partial charge is 0.410 e. The summed E-state index contributed by atoms with van der Waals surface area (Å²) in [6.45, 7) is 14.4. The van der Waals surface area contributed by atoms with Gasteiger partial charge in [0.1, 0.15) is 17.2 Å². The first-order valence-corrected chi connectivity index (χ1v) is 21.6. The van der Waals surface area contributed by atoms with Crippen molar-refractivity contribution in [1.29, 1.82) is 0 Å². The zero-order valence-corrected chi connectivity index (χ0v) is 36.9. The molecular formula is C47H61N7O8. The van der Waals surface area contributed by atoms with Gasteiger partial charge in [-0.15, -0.1) is 0 Å². The number of imidazole rings is 1. The number of aromatic amines is 2. The average molecular weight is 852 g/mol. The number of hydrogen-bond donors (Lipinski definition) is 6. The molecule has 1 saturated carbocycles. The van der Waals surface area contributed by atoms with Crippen molar-refractivity contribution in [2.75, 3.05) is 25.0 Å². The molecule has 0 radical (unpaired) electrons. The van der Waals surface area contributed by atoms with Crippen LogP contribution in [0.15, 0.2) is 65.5 Å². The summed E-state index contributed by atoms with van der Waals surface area (Å²) in [6, 6.07) is 17.5. The molecule has 2 aliphatic rings. The second-order valence-corrected chi connectivity index (χ2v) is 18.6. The van der Waals surface area contributed by atoms with E-state index < -0.39 is 29.2 Å². The van der Waals surface area contributed by atoms with Crippen LogP contribution in [-0.2, 0) is 25.5 Å². The number of carbonyl (C=O) groups is 5. The molecule has 6 rings (SSSR count). The molecule has 6 N–H and O–H groups in total. The van der Waals surface area contributed by atoms with Gasteiger partial charge in [0.2, 0.25) is 11.8 Å². The Morgan fingerprint density at radius 3 is 2.10 bits per heavy atom. The molecule has 2 fully saturated rings. The summed E-state index contributed by atoms with van der Waals surface area (Å²) < 4.78 is 10.9. The van der Waals surface area contributed by atoms with Crippen molar-refractivity contribution < 1.29 is 33.4 Å². The number of fused-ring (bicyclic) bond motifs is 1. The first kappa shape index (κ1) is 45.4. The van der Waals surface area contributed by atoms with Gasteiger partial charge >= 0.3 is 17.9 Å². The maximum absolute atomic E-state index is 13.9. The molecule has 0 unspecified atom stereocenters. The molecule has 1 atom stereocenters. The number of hydrogen-bond acceptors (Lipinski definition) is 8. The van der Waals surface area contributed by atoms with E-state index in [9.17, 15) is 28.8 Å². The van der Waals surface area contributed by atoms with Crippen LogP contribution in [0, 0.1) is 18.8 Å². The third-order valence-electron chi connectivity index (χ3n) is 11.2. The second kappa shape index (κ2) is 19.3. The highest BCUT2D eigenvalue weighted by atomic mass is 16.6. The van der Waals surface area contributed by atoms with Gasteiger partial charge in [0, 0.05) is 49.3 Å². The van der Waals surface area contributed by atoms with Gasteiger partial charge in [-0.3, -0.25) is 14.4 Å². The van der Waals surface area contributed by atoms with E-state index in [2.05, 4.69) is 31.2 Å². The van der Waals surface area contributed by atoms with E-state index in [1.54, 1.807) is 23.1 Å². The molecule has 0 spiro atoms. The Kier molecular flexibility index (Phi) is 14.1. The van der Waals surface area contributed by atoms with Gasteiger partial charge in [-0.2, -0.15) is 0 Å². The number of H-pyrrole nitrogens is 2. The topological polar surface area (TPSA) is 204 Å². The van der Waals surface area contributed by atoms with Gasteiger partial charge in [-0.1, -0.05) is 30.3 Å². The number of piperidine rings is 1. The number of benzene rings is 3. The van der Waals surface area contributed by atoms with E-state index in [0.717, 1.165) is 35.1 Å². The number of likely N-dealkylation sites (tertiary alicyclic amines) is 1. The van der Waals surface area contributed by atoms with Crippen LogP contribution in [0.2, 0.25) is 0 Å². The number of nitrogens with zero attached hydrogens (tertiary/aromatic N) is 1. The molecule has 3 aromatic carbocycles. The number of amides is 5. The zero-order chi connectivity index (χ0) is 44.8. The highest BCUT2D eigenvalue weighted by molar-refractivity contribution is 5.99. The third kappa shape index (κ3) is 12.7. The van der Waals surface area contributed by atoms with Gasteiger partial charge in [0.15, 0.2) is 0 Å². The SMILES string of the molecule is Cc1cc(C(=O)NC2CCN(C(=O)OC(C)(C)C)CC2)ccc1-c1ccc(C[C@H](NC(=O)[C@H]2CC[C@H](CNC(=O)OC(C)(C)C)CC2)C(=O)Nc2ccc3[nH]c(=O)[nH]c3c2)cc1. The van der Waals surface area contributed by atoms with E-state index in [1.165, 1.54) is 0 Å². The van der Waals surface area contributed by atoms with Gasteiger partial charge in [0.05, 0.1) is 11.0 Å². The lowest BCUT2D eigenvalue weighted by Gasteiger charge is -2.33. The summed E-state index contributed by atoms with van der Waals surface area (Å²) in [7, 11) is 0. The summed E-state index contributed by atoms with van der Waals surface area (Å²) in [5, 5.41) is 11.9. The molecule has 2 heterocycles. The van der Waals surface area contributed by atoms with Crippen LogP contribution in [0.1, 0.15) is 102 Å². The van der Waals surface area contributed by atoms with Crippen LogP contribution in [0.5, 0.6) is 0 Å². The standard InChI is InChI=1S/C47H61N7O8/c1-28-24-33(41(56)49-34-20-22-54(23-21-34)45(60)62-47(5,6)7)16-18-36(28)31-12-8-29(9-13-31)25-39(42(57)50-35-17-19-37-38(26-35)53-43(58)52-37)51-40(55)32-14-10-30(11-15-32)27-48-44(59)61-46(2,3)4/h8-9,12-13,16-19,24,26,30,32,34,39H,10-11,14-15,20-23,25,27H2,1-7H3,(H,48,59)(H,49,56)(H,50,57)(H,51,55)(H2,52,53,58)/t30-,32-,39-/m0/s1. The molecule has 4 aromatic rings. The number of carbonyl (C=O) groups excluding carboxylic acids is 5. The molecule has 5 amide bonds. The lowest BCUT2D eigenvalue weighted by atomic mass is 9.81. The van der Waals surface area contributed by atoms with Crippen molar-refractivity contribution in [2.24, 2.45) is 11.8 Å². The summed E-state index contributed by atoms with van der Waals surface area (Å²) in [4.78, 5) is 84.4. The van der Waals surface area contributed by atoms with Gasteiger partial charge in [0.25, 0.3) is 5.91 Å². The third-order valence-corrected chi connectivity index (χ3v) is 11.2. The Morgan fingerprint density at radius 1 is 0.790 bits per heavy atom. The number of nitrogens with one attached hydrogen (secondary N) is 6. The van der Waals surface area contributed by atoms with Crippen molar-refractivity contribution >= 4 is 46.6 Å². The van der Waals surface area contributed by atoms with Crippen LogP contribution in [0.4, 0.5) is 15.3 Å². The number of anilines is 1. The average Bonchev–Trinajstić information content (AvgIpc) is 3.58. The maximum atomic E-state index is 13.9. The fourth-order valence-corrected chi connectivity index (χ4v) is 8.00. The molecule has 62 heavy (non-hydrogen) atoms. The molecular weight excluding hydrogens is 791 g/mol. The Morgan fingerprint density at radius 2 is 1.45 bits per heavy atom. The molecule has 0 bridgehead atoms. The first-order chi connectivity index (χ1) is 29.3. The van der Waals surface area contributed by atoms with Crippen molar-refractivity contribution in [1.82, 2.24) is 30.8 Å². The van der Waals surface area contributed by atoms with E-state index in [4.69, 9.17) is 9.47 Å². The molecule has 1 aromatic heterocycles. The second-order valence-electron chi connectivity index (χ2n) is 18.6. The Labute approximate surface area is 362 Å². The summed E-state index contributed by atoms with van der Waals surface area (Å²) in [5.41, 5.74) is 4.33. The predicted octanol–water partition coefficient (Wildman–Crippen LogP) is 6.96. The minimum absolute atomic E-state index is 0.0485. The minimum Gasteiger partial charge on any atom is -0.444 e. The van der Waals surface area contributed by atoms with Gasteiger partial charge in [-0.05, 0) is 145 Å². The lowest BCUT2D eigenvalue weighted by Crippen LogP contribution is -2.48. The number of aryl methyl sites for hydroxylation is 1. The number of ether oxygens (including phenoxy) is 2. The van der Waals surface area contributed by atoms with E-state index in [-0.39, 0.29) is 47.9 Å². The minimum atomic E-state index is -0.898. The Balaban J connectivity index is 1.07. The van der Waals surface area contributed by atoms with Gasteiger partial charge < -0.3 is 45.6 Å². The largest absolute Gasteiger partial charge is 0.444 e. The highest BCUT2D eigenvalue weighted by Crippen LogP contribution is 2.30. The number of alkyl carbamates (subject to hydrolysis) is 1. The van der Waals surface area contributed by atoms with Crippen LogP contribution < -0.4 is 27.0 Å². The molecule has 15 heteroatoms. The fourth-order valence-electron chi connectivity index (χ4n) is 8.00. The Bertz CT molecular complexity index is 2300. The fraction of sp³-hybridized carbons (Fsp3) is 0.489. The molecule has 332 valence electrons. The summed E-state index contributed by atoms with van der Waals surface area (Å²) >= 11 is 0. The van der Waals surface area contributed by atoms with E-state index in [1.807, 2.05) is 90.9 Å². The Hall–Kier alpha value is -6.12. The monoisotopic (exact) mass is 851 g/mol. The highest BCUT2D eigenvalue weighted by Gasteiger charge is 2.31. The summed E-state index contributed by atoms with van der Waals surface area (Å²) in [5.74, 6) is -0.818. The quantitative estimate of drug-likeness (QED) is 0.0929. The van der Waals surface area contributed by atoms with Crippen molar-refractivity contribution in [3.8, 4) is 11.1 Å². The molecule has 1 saturated heterocycles. The van der Waals surface area contributed by atoms with Crippen molar-refractivity contribution in [3.05, 3.63) is 87.8 Å². The maximum Gasteiger partial charge on any atom is 0.410 e. The number of aromatic nitrogens is 2. The van der Waals surface area contributed by atoms with E-state index >= 15 is 0 Å². The van der Waals surface area contributed by atoms with Crippen LogP contribution in [-0.4, -0.2) is 87.7 Å².